The second-order valence-electron chi connectivity index (χ2n) is 5.65. The van der Waals surface area contributed by atoms with E-state index in [1.165, 1.54) is 0 Å². The summed E-state index contributed by atoms with van der Waals surface area (Å²) < 4.78 is 12.4. The highest BCUT2D eigenvalue weighted by atomic mass is 16.5. The number of hydrogen-bond donors (Lipinski definition) is 1. The van der Waals surface area contributed by atoms with Crippen LogP contribution in [0.3, 0.4) is 0 Å². The number of nitrogens with one attached hydrogen (secondary N) is 1. The molecule has 0 bridgehead atoms. The van der Waals surface area contributed by atoms with Crippen LogP contribution in [-0.4, -0.2) is 36.0 Å². The van der Waals surface area contributed by atoms with Crippen LogP contribution in [0.25, 0.3) is 5.69 Å². The Labute approximate surface area is 152 Å². The molecule has 0 radical (unpaired) electrons. The molecule has 0 atom stereocenters. The Morgan fingerprint density at radius 3 is 2.65 bits per heavy atom. The van der Waals surface area contributed by atoms with Gasteiger partial charge in [-0.3, -0.25) is 4.79 Å². The molecular formula is C20H21N3O3. The number of para-hydroxylation sites is 2. The summed E-state index contributed by atoms with van der Waals surface area (Å²) in [5.41, 5.74) is 2.39. The summed E-state index contributed by atoms with van der Waals surface area (Å²) in [5.74, 6) is 0.354. The van der Waals surface area contributed by atoms with Gasteiger partial charge in [-0.1, -0.05) is 30.3 Å². The molecule has 3 rings (SSSR count). The Morgan fingerprint density at radius 2 is 1.85 bits per heavy atom. The van der Waals surface area contributed by atoms with Gasteiger partial charge in [0.1, 0.15) is 12.4 Å². The van der Waals surface area contributed by atoms with Crippen LogP contribution in [0, 0.1) is 0 Å². The van der Waals surface area contributed by atoms with E-state index in [4.69, 9.17) is 9.47 Å². The third-order valence-electron chi connectivity index (χ3n) is 3.79. The number of benzene rings is 2. The lowest BCUT2D eigenvalue weighted by molar-refractivity contribution is 0.0943. The number of nitrogens with zero attached hydrogens (tertiary/aromatic N) is 2. The number of methoxy groups -OCH3 is 1. The van der Waals surface area contributed by atoms with Crippen molar-refractivity contribution in [1.29, 1.82) is 0 Å². The van der Waals surface area contributed by atoms with E-state index in [0.29, 0.717) is 31.1 Å². The Morgan fingerprint density at radius 1 is 1.08 bits per heavy atom. The average molecular weight is 351 g/mol. The molecule has 0 saturated carbocycles. The summed E-state index contributed by atoms with van der Waals surface area (Å²) in [5, 5.41) is 7.24. The zero-order chi connectivity index (χ0) is 18.2. The quantitative estimate of drug-likeness (QED) is 0.634. The van der Waals surface area contributed by atoms with Crippen molar-refractivity contribution >= 4 is 5.91 Å². The minimum absolute atomic E-state index is 0.189. The number of ether oxygens (including phenoxy) is 2. The topological polar surface area (TPSA) is 65.4 Å². The number of carbonyl (C=O) groups is 1. The standard InChI is InChI=1S/C20H21N3O3/c1-25-11-12-26-19-10-6-5-9-18(19)20(24)21-13-16-14-22-23(15-16)17-7-3-2-4-8-17/h2-10,14-15H,11-13H2,1H3,(H,21,24). The molecule has 2 aromatic carbocycles. The first-order chi connectivity index (χ1) is 12.8. The van der Waals surface area contributed by atoms with Crippen molar-refractivity contribution in [3.8, 4) is 11.4 Å². The lowest BCUT2D eigenvalue weighted by Crippen LogP contribution is -2.23. The Balaban J connectivity index is 1.62. The molecule has 1 amide bonds. The first-order valence-corrected chi connectivity index (χ1v) is 8.36. The Bertz CT molecular complexity index is 846. The maximum Gasteiger partial charge on any atom is 0.255 e. The van der Waals surface area contributed by atoms with Crippen LogP contribution in [-0.2, 0) is 11.3 Å². The molecule has 0 unspecified atom stereocenters. The number of carbonyl (C=O) groups excluding carboxylic acids is 1. The van der Waals surface area contributed by atoms with E-state index in [1.807, 2.05) is 48.7 Å². The monoisotopic (exact) mass is 351 g/mol. The van der Waals surface area contributed by atoms with Crippen LogP contribution in [0.2, 0.25) is 0 Å². The molecule has 0 spiro atoms. The average Bonchev–Trinajstić information content (AvgIpc) is 3.16. The largest absolute Gasteiger partial charge is 0.490 e. The van der Waals surface area contributed by atoms with Crippen molar-refractivity contribution in [2.75, 3.05) is 20.3 Å². The highest BCUT2D eigenvalue weighted by Gasteiger charge is 2.12. The van der Waals surface area contributed by atoms with Gasteiger partial charge in [0.05, 0.1) is 24.1 Å². The number of amides is 1. The van der Waals surface area contributed by atoms with Crippen molar-refractivity contribution < 1.29 is 14.3 Å². The van der Waals surface area contributed by atoms with Gasteiger partial charge >= 0.3 is 0 Å². The lowest BCUT2D eigenvalue weighted by atomic mass is 10.2. The SMILES string of the molecule is COCCOc1ccccc1C(=O)NCc1cnn(-c2ccccc2)c1. The molecule has 134 valence electrons. The van der Waals surface area contributed by atoms with Crippen molar-refractivity contribution in [3.05, 3.63) is 78.1 Å². The molecule has 0 aliphatic heterocycles. The fourth-order valence-corrected chi connectivity index (χ4v) is 2.47. The smallest absolute Gasteiger partial charge is 0.255 e. The van der Waals surface area contributed by atoms with E-state index in [9.17, 15) is 4.79 Å². The molecular weight excluding hydrogens is 330 g/mol. The van der Waals surface area contributed by atoms with Crippen LogP contribution >= 0.6 is 0 Å². The van der Waals surface area contributed by atoms with Crippen LogP contribution in [0.15, 0.2) is 67.0 Å². The number of hydrogen-bond acceptors (Lipinski definition) is 4. The molecule has 6 heteroatoms. The van der Waals surface area contributed by atoms with Crippen molar-refractivity contribution in [1.82, 2.24) is 15.1 Å². The fraction of sp³-hybridized carbons (Fsp3) is 0.200. The summed E-state index contributed by atoms with van der Waals surface area (Å²) in [6, 6.07) is 17.0. The van der Waals surface area contributed by atoms with Crippen molar-refractivity contribution in [2.24, 2.45) is 0 Å². The van der Waals surface area contributed by atoms with Gasteiger partial charge in [0.2, 0.25) is 0 Å². The third kappa shape index (κ3) is 4.49. The minimum atomic E-state index is -0.189. The van der Waals surface area contributed by atoms with Gasteiger partial charge in [-0.2, -0.15) is 5.10 Å². The van der Waals surface area contributed by atoms with Crippen LogP contribution < -0.4 is 10.1 Å². The highest BCUT2D eigenvalue weighted by molar-refractivity contribution is 5.96. The summed E-state index contributed by atoms with van der Waals surface area (Å²) in [7, 11) is 1.61. The number of aromatic nitrogens is 2. The van der Waals surface area contributed by atoms with Crippen LogP contribution in [0.5, 0.6) is 5.75 Å². The molecule has 0 aliphatic carbocycles. The van der Waals surface area contributed by atoms with Crippen LogP contribution in [0.1, 0.15) is 15.9 Å². The zero-order valence-electron chi connectivity index (χ0n) is 14.6. The van der Waals surface area contributed by atoms with Gasteiger partial charge in [0.25, 0.3) is 5.91 Å². The van der Waals surface area contributed by atoms with Crippen molar-refractivity contribution in [2.45, 2.75) is 6.54 Å². The van der Waals surface area contributed by atoms with E-state index in [-0.39, 0.29) is 5.91 Å². The highest BCUT2D eigenvalue weighted by Crippen LogP contribution is 2.18. The summed E-state index contributed by atoms with van der Waals surface area (Å²) in [6.45, 7) is 1.25. The maximum absolute atomic E-state index is 12.5. The number of rotatable bonds is 8. The molecule has 0 aliphatic rings. The first kappa shape index (κ1) is 17.7. The first-order valence-electron chi connectivity index (χ1n) is 8.36. The van der Waals surface area contributed by atoms with Gasteiger partial charge in [-0.05, 0) is 24.3 Å². The zero-order valence-corrected chi connectivity index (χ0v) is 14.6. The molecule has 3 aromatic rings. The third-order valence-corrected chi connectivity index (χ3v) is 3.79. The predicted molar refractivity (Wildman–Crippen MR) is 98.5 cm³/mol. The molecule has 0 saturated heterocycles. The molecule has 26 heavy (non-hydrogen) atoms. The van der Waals surface area contributed by atoms with E-state index < -0.39 is 0 Å². The van der Waals surface area contributed by atoms with E-state index >= 15 is 0 Å². The van der Waals surface area contributed by atoms with Gasteiger partial charge in [-0.15, -0.1) is 0 Å². The summed E-state index contributed by atoms with van der Waals surface area (Å²) in [6.07, 6.45) is 3.64. The van der Waals surface area contributed by atoms with E-state index in [0.717, 1.165) is 11.3 Å². The van der Waals surface area contributed by atoms with Gasteiger partial charge < -0.3 is 14.8 Å². The maximum atomic E-state index is 12.5. The van der Waals surface area contributed by atoms with E-state index in [1.54, 1.807) is 30.1 Å². The normalized spacial score (nSPS) is 10.5. The fourth-order valence-electron chi connectivity index (χ4n) is 2.47. The van der Waals surface area contributed by atoms with Crippen molar-refractivity contribution in [3.63, 3.8) is 0 Å². The molecule has 6 nitrogen and oxygen atoms in total. The van der Waals surface area contributed by atoms with Crippen LogP contribution in [0.4, 0.5) is 0 Å². The Kier molecular flexibility index (Phi) is 6.01. The minimum Gasteiger partial charge on any atom is -0.490 e. The molecule has 0 fully saturated rings. The second-order valence-corrected chi connectivity index (χ2v) is 5.65. The summed E-state index contributed by atoms with van der Waals surface area (Å²) in [4.78, 5) is 12.5. The molecule has 1 N–H and O–H groups in total. The molecule has 1 heterocycles. The van der Waals surface area contributed by atoms with E-state index in [2.05, 4.69) is 10.4 Å². The summed E-state index contributed by atoms with van der Waals surface area (Å²) >= 11 is 0. The molecule has 1 aromatic heterocycles. The lowest BCUT2D eigenvalue weighted by Gasteiger charge is -2.11. The predicted octanol–water partition coefficient (Wildman–Crippen LogP) is 2.83. The second kappa shape index (κ2) is 8.82. The van der Waals surface area contributed by atoms with Gasteiger partial charge in [0.15, 0.2) is 0 Å². The van der Waals surface area contributed by atoms with Gasteiger partial charge in [0, 0.05) is 25.4 Å². The Hall–Kier alpha value is -3.12. The van der Waals surface area contributed by atoms with Gasteiger partial charge in [-0.25, -0.2) is 4.68 Å².